The molecular formula is C42H60N6O9S. The lowest BCUT2D eigenvalue weighted by molar-refractivity contribution is -0.146. The highest BCUT2D eigenvalue weighted by atomic mass is 32.2. The Morgan fingerprint density at radius 1 is 1.14 bits per heavy atom. The summed E-state index contributed by atoms with van der Waals surface area (Å²) in [5.41, 5.74) is -0.808. The van der Waals surface area contributed by atoms with Crippen molar-refractivity contribution < 1.29 is 42.2 Å². The largest absolute Gasteiger partial charge is 0.497 e. The molecule has 16 heteroatoms. The van der Waals surface area contributed by atoms with Gasteiger partial charge in [0.05, 0.1) is 29.4 Å². The lowest BCUT2D eigenvalue weighted by Crippen LogP contribution is -2.62. The molecule has 7 atom stereocenters. The van der Waals surface area contributed by atoms with Gasteiger partial charge in [-0.05, 0) is 90.2 Å². The fourth-order valence-corrected chi connectivity index (χ4v) is 9.84. The van der Waals surface area contributed by atoms with Gasteiger partial charge in [0.25, 0.3) is 5.91 Å². The van der Waals surface area contributed by atoms with Crippen LogP contribution in [-0.2, 0) is 24.4 Å². The van der Waals surface area contributed by atoms with E-state index in [0.717, 1.165) is 6.42 Å². The van der Waals surface area contributed by atoms with E-state index in [9.17, 15) is 27.9 Å². The van der Waals surface area contributed by atoms with E-state index in [2.05, 4.69) is 17.0 Å². The fraction of sp³-hybridized carbons (Fsp3) is 0.667. The lowest BCUT2D eigenvalue weighted by atomic mass is 9.82. The number of hydrogen-bond acceptors (Lipinski definition) is 10. The molecule has 0 radical (unpaired) electrons. The van der Waals surface area contributed by atoms with Crippen LogP contribution in [0.3, 0.4) is 0 Å². The van der Waals surface area contributed by atoms with Crippen molar-refractivity contribution in [2.45, 2.75) is 147 Å². The van der Waals surface area contributed by atoms with E-state index in [1.165, 1.54) is 9.80 Å². The first-order valence-electron chi connectivity index (χ1n) is 20.5. The molecule has 2 aliphatic carbocycles. The minimum absolute atomic E-state index is 0.00991. The molecule has 4 aliphatic rings. The van der Waals surface area contributed by atoms with Crippen LogP contribution < -0.4 is 19.5 Å². The second-order valence-corrected chi connectivity index (χ2v) is 20.5. The Balaban J connectivity index is 1.43. The molecule has 1 saturated heterocycles. The van der Waals surface area contributed by atoms with Crippen LogP contribution in [0.25, 0.3) is 11.0 Å². The Hall–Kier alpha value is -4.47. The molecule has 2 aliphatic heterocycles. The Kier molecular flexibility index (Phi) is 11.9. The molecule has 1 aromatic carbocycles. The highest BCUT2D eigenvalue weighted by Gasteiger charge is 2.63. The first-order chi connectivity index (χ1) is 27.1. The van der Waals surface area contributed by atoms with Gasteiger partial charge in [0.2, 0.25) is 27.7 Å². The topological polar surface area (TPSA) is 197 Å². The van der Waals surface area contributed by atoms with Gasteiger partial charge < -0.3 is 24.8 Å². The minimum atomic E-state index is -4.03. The number of carboxylic acid groups (broad SMARTS) is 1. The maximum atomic E-state index is 15.3. The van der Waals surface area contributed by atoms with Crippen molar-refractivity contribution in [1.29, 1.82) is 0 Å². The third kappa shape index (κ3) is 8.48. The van der Waals surface area contributed by atoms with Crippen LogP contribution in [0, 0.1) is 17.8 Å². The summed E-state index contributed by atoms with van der Waals surface area (Å²) in [6, 6.07) is 3.01. The summed E-state index contributed by atoms with van der Waals surface area (Å²) in [7, 11) is -2.47. The van der Waals surface area contributed by atoms with Crippen LogP contribution in [0.2, 0.25) is 0 Å². The molecule has 3 heterocycles. The van der Waals surface area contributed by atoms with Gasteiger partial charge in [-0.2, -0.15) is 0 Å². The summed E-state index contributed by atoms with van der Waals surface area (Å²) < 4.78 is 39.8. The third-order valence-corrected chi connectivity index (χ3v) is 14.6. The molecule has 2 aromatic rings. The van der Waals surface area contributed by atoms with Gasteiger partial charge in [0.1, 0.15) is 35.2 Å². The summed E-state index contributed by atoms with van der Waals surface area (Å²) in [5, 5.41) is 13.6. The number of sulfonamides is 1. The molecule has 15 nitrogen and oxygen atoms in total. The number of carbonyl (C=O) groups is 4. The summed E-state index contributed by atoms with van der Waals surface area (Å²) >= 11 is 0. The van der Waals surface area contributed by atoms with E-state index in [1.807, 2.05) is 39.0 Å². The Labute approximate surface area is 341 Å². The number of nitrogens with one attached hydrogen (secondary N) is 2. The van der Waals surface area contributed by atoms with Gasteiger partial charge in [0, 0.05) is 29.9 Å². The minimum Gasteiger partial charge on any atom is -0.497 e. The van der Waals surface area contributed by atoms with Crippen LogP contribution in [0.5, 0.6) is 11.6 Å². The number of nitrogens with zero attached hydrogens (tertiary/aromatic N) is 4. The highest BCUT2D eigenvalue weighted by molar-refractivity contribution is 7.91. The second-order valence-electron chi connectivity index (χ2n) is 18.3. The normalized spacial score (nSPS) is 29.3. The van der Waals surface area contributed by atoms with Gasteiger partial charge in [-0.3, -0.25) is 24.0 Å². The third-order valence-electron chi connectivity index (χ3n) is 12.5. The van der Waals surface area contributed by atoms with Crippen LogP contribution in [0.1, 0.15) is 118 Å². The van der Waals surface area contributed by atoms with Gasteiger partial charge in [-0.25, -0.2) is 23.2 Å². The van der Waals surface area contributed by atoms with E-state index in [0.29, 0.717) is 54.6 Å². The first kappa shape index (κ1) is 43.1. The van der Waals surface area contributed by atoms with Crippen LogP contribution in [0.15, 0.2) is 30.4 Å². The summed E-state index contributed by atoms with van der Waals surface area (Å²) in [6.07, 6.45) is 5.25. The summed E-state index contributed by atoms with van der Waals surface area (Å²) in [5.74, 6) is -2.07. The number of allylic oxidation sites excluding steroid dienone is 1. The van der Waals surface area contributed by atoms with Crippen molar-refractivity contribution in [3.05, 3.63) is 36.0 Å². The number of hydrogen-bond donors (Lipinski definition) is 3. The Bertz CT molecular complexity index is 2080. The molecule has 58 heavy (non-hydrogen) atoms. The number of benzene rings is 1. The highest BCUT2D eigenvalue weighted by Crippen LogP contribution is 2.48. The van der Waals surface area contributed by atoms with E-state index >= 15 is 4.79 Å². The van der Waals surface area contributed by atoms with E-state index < -0.39 is 73.8 Å². The zero-order valence-corrected chi connectivity index (χ0v) is 36.0. The fourth-order valence-electron chi connectivity index (χ4n) is 8.53. The van der Waals surface area contributed by atoms with Crippen molar-refractivity contribution in [1.82, 2.24) is 29.8 Å². The smallest absolute Gasteiger partial charge is 0.408 e. The monoisotopic (exact) mass is 824 g/mol. The van der Waals surface area contributed by atoms with Crippen molar-refractivity contribution in [3.63, 3.8) is 0 Å². The molecule has 3 fully saturated rings. The van der Waals surface area contributed by atoms with Gasteiger partial charge in [-0.1, -0.05) is 46.3 Å². The lowest BCUT2D eigenvalue weighted by Gasteiger charge is -2.44. The van der Waals surface area contributed by atoms with Crippen molar-refractivity contribution in [3.8, 4) is 11.6 Å². The number of rotatable bonds is 9. The number of fused-ring (bicyclic) bond motifs is 3. The molecule has 1 aromatic heterocycles. The first-order valence-corrected chi connectivity index (χ1v) is 22.0. The molecule has 6 rings (SSSR count). The Morgan fingerprint density at radius 3 is 2.45 bits per heavy atom. The molecule has 318 valence electrons. The molecule has 0 bridgehead atoms. The standard InChI is InChI=1S/C42H60N6O9S/c1-10-26-19-25(4)13-11-12-14-27-22-42(27,38(51)46-58(54,55)41(8)17-18-41)45-35(49)32-21-29(23-47(32)37(50)34(26)48(39(52)53)40(5,6)7)57-36-33(24(2)3)43-30-16-15-28(56-9)20-31(30)44-36/h12,14-16,20,24-27,29,32,34H,10-11,13,17-19,21-23H2,1-9H3,(H,45,49)(H,46,51)(H,52,53)/b14-12-/t25-,26-,27-,29-,32+,34+,42-/m1/s1. The summed E-state index contributed by atoms with van der Waals surface area (Å²) in [6.45, 7) is 14.7. The number of amides is 4. The predicted molar refractivity (Wildman–Crippen MR) is 218 cm³/mol. The predicted octanol–water partition coefficient (Wildman–Crippen LogP) is 5.53. The van der Waals surface area contributed by atoms with Crippen LogP contribution in [-0.4, -0.2) is 105 Å². The molecule has 0 unspecified atom stereocenters. The number of aromatic nitrogens is 2. The maximum Gasteiger partial charge on any atom is 0.408 e. The number of carbonyl (C=O) groups excluding carboxylic acids is 3. The van der Waals surface area contributed by atoms with Crippen molar-refractivity contribution in [2.75, 3.05) is 13.7 Å². The molecule has 2 saturated carbocycles. The van der Waals surface area contributed by atoms with Crippen LogP contribution in [0.4, 0.5) is 4.79 Å². The molecule has 0 spiro atoms. The van der Waals surface area contributed by atoms with E-state index in [-0.39, 0.29) is 43.0 Å². The van der Waals surface area contributed by atoms with Gasteiger partial charge in [-0.15, -0.1) is 0 Å². The second kappa shape index (κ2) is 15.9. The number of ether oxygens (including phenoxy) is 2. The SMILES string of the molecule is CC[C@@H]1C[C@H](C)CC/C=C\[C@@H]2C[C@@]2(C(=O)NS(=O)(=O)C2(C)CC2)NC(=O)[C@@H]2C[C@@H](Oc3nc4cc(OC)ccc4nc3C(C)C)CN2C(=O)[C@H]1N(C(=O)O)C(C)(C)C. The van der Waals surface area contributed by atoms with Gasteiger partial charge in [0.15, 0.2) is 0 Å². The van der Waals surface area contributed by atoms with E-state index in [4.69, 9.17) is 19.4 Å². The van der Waals surface area contributed by atoms with Crippen molar-refractivity contribution >= 4 is 44.9 Å². The number of methoxy groups -OCH3 is 1. The maximum absolute atomic E-state index is 15.3. The summed E-state index contributed by atoms with van der Waals surface area (Å²) in [4.78, 5) is 69.5. The average Bonchev–Trinajstić information content (AvgIpc) is 4.03. The zero-order chi connectivity index (χ0) is 42.5. The zero-order valence-electron chi connectivity index (χ0n) is 35.2. The quantitative estimate of drug-likeness (QED) is 0.269. The molecule has 3 N–H and O–H groups in total. The van der Waals surface area contributed by atoms with E-state index in [1.54, 1.807) is 46.9 Å². The van der Waals surface area contributed by atoms with Crippen molar-refractivity contribution in [2.24, 2.45) is 17.8 Å². The van der Waals surface area contributed by atoms with Crippen LogP contribution >= 0.6 is 0 Å². The average molecular weight is 825 g/mol. The molecular weight excluding hydrogens is 765 g/mol. The Morgan fingerprint density at radius 2 is 1.84 bits per heavy atom. The van der Waals surface area contributed by atoms with Gasteiger partial charge >= 0.3 is 6.09 Å². The molecule has 4 amide bonds.